The minimum atomic E-state index is -3.50. The van der Waals surface area contributed by atoms with Gasteiger partial charge in [0.15, 0.2) is 0 Å². The predicted octanol–water partition coefficient (Wildman–Crippen LogP) is 3.30. The second-order valence-corrected chi connectivity index (χ2v) is 10.4. The van der Waals surface area contributed by atoms with E-state index >= 15 is 0 Å². The molecule has 1 aliphatic heterocycles. The Kier molecular flexibility index (Phi) is 5.28. The SMILES string of the molecule is C[C@]1(c2cc(Br)cnc2F)N=C(NC(=O)O)C2(CCC2)S(O)(O)[C@@H]1CCO. The van der Waals surface area contributed by atoms with E-state index in [9.17, 15) is 28.5 Å². The van der Waals surface area contributed by atoms with E-state index in [1.54, 1.807) is 0 Å². The van der Waals surface area contributed by atoms with Gasteiger partial charge in [-0.2, -0.15) is 15.0 Å². The molecular weight excluding hydrogens is 445 g/mol. The van der Waals surface area contributed by atoms with Crippen molar-refractivity contribution in [1.29, 1.82) is 0 Å². The molecule has 0 radical (unpaired) electrons. The molecule has 1 saturated carbocycles. The number of amides is 1. The number of amidine groups is 1. The van der Waals surface area contributed by atoms with Gasteiger partial charge in [0.05, 0.1) is 5.25 Å². The normalized spacial score (nSPS) is 29.6. The molecule has 1 aromatic heterocycles. The van der Waals surface area contributed by atoms with Gasteiger partial charge in [-0.1, -0.05) is 0 Å². The monoisotopic (exact) mass is 465 g/mol. The highest BCUT2D eigenvalue weighted by Gasteiger charge is 2.63. The smallest absolute Gasteiger partial charge is 0.410 e. The lowest BCUT2D eigenvalue weighted by molar-refractivity contribution is 0.198. The van der Waals surface area contributed by atoms with Gasteiger partial charge in [-0.25, -0.2) is 9.78 Å². The first-order valence-electron chi connectivity index (χ1n) is 8.38. The summed E-state index contributed by atoms with van der Waals surface area (Å²) in [5.74, 6) is -0.917. The molecule has 0 unspecified atom stereocenters. The second kappa shape index (κ2) is 6.96. The van der Waals surface area contributed by atoms with E-state index in [4.69, 9.17) is 0 Å². The molecule has 1 amide bonds. The molecule has 1 fully saturated rings. The Hall–Kier alpha value is -1.27. The second-order valence-electron chi connectivity index (χ2n) is 6.97. The first-order chi connectivity index (χ1) is 12.6. The fourth-order valence-corrected chi connectivity index (χ4v) is 7.39. The van der Waals surface area contributed by atoms with Crippen LogP contribution in [-0.2, 0) is 5.54 Å². The minimum absolute atomic E-state index is 0.00541. The molecule has 27 heavy (non-hydrogen) atoms. The van der Waals surface area contributed by atoms with Crippen molar-refractivity contribution in [1.82, 2.24) is 10.3 Å². The molecule has 5 N–H and O–H groups in total. The Balaban J connectivity index is 2.27. The highest BCUT2D eigenvalue weighted by Crippen LogP contribution is 2.71. The van der Waals surface area contributed by atoms with E-state index in [0.717, 1.165) is 0 Å². The maximum Gasteiger partial charge on any atom is 0.410 e. The van der Waals surface area contributed by atoms with Crippen LogP contribution in [0.1, 0.15) is 38.2 Å². The number of halogens is 2. The van der Waals surface area contributed by atoms with Gasteiger partial charge in [-0.05, 0) is 54.6 Å². The molecule has 0 saturated heterocycles. The Morgan fingerprint density at radius 3 is 2.67 bits per heavy atom. The fourth-order valence-electron chi connectivity index (χ4n) is 3.99. The molecule has 1 aliphatic carbocycles. The number of hydrogen-bond acceptors (Lipinski definition) is 6. The standard InChI is InChI=1S/C16H21BrFN3O5S/c1-15(10-7-9(17)8-19-12(10)18)11(3-6-22)27(25,26)16(4-2-5-16)13(21-15)20-14(23)24/h7-8,11,22,25-26H,2-6H2,1H3,(H,20,21)(H,23,24)/t11-,15-/m1/s1. The lowest BCUT2D eigenvalue weighted by atomic mass is 9.80. The summed E-state index contributed by atoms with van der Waals surface area (Å²) in [5.41, 5.74) is -1.53. The van der Waals surface area contributed by atoms with Gasteiger partial charge in [0, 0.05) is 22.8 Å². The Labute approximate surface area is 165 Å². The van der Waals surface area contributed by atoms with Crippen molar-refractivity contribution in [2.45, 2.75) is 48.1 Å². The zero-order valence-corrected chi connectivity index (χ0v) is 16.9. The zero-order chi connectivity index (χ0) is 20.0. The number of aliphatic hydroxyl groups is 1. The van der Waals surface area contributed by atoms with Crippen molar-refractivity contribution in [3.05, 3.63) is 28.2 Å². The topological polar surface area (TPSA) is 135 Å². The van der Waals surface area contributed by atoms with Crippen molar-refractivity contribution in [3.63, 3.8) is 0 Å². The van der Waals surface area contributed by atoms with Gasteiger partial charge >= 0.3 is 6.09 Å². The summed E-state index contributed by atoms with van der Waals surface area (Å²) in [6, 6.07) is 1.43. The summed E-state index contributed by atoms with van der Waals surface area (Å²) in [6.45, 7) is 1.15. The van der Waals surface area contributed by atoms with Crippen molar-refractivity contribution < 1.29 is 28.5 Å². The van der Waals surface area contributed by atoms with Crippen LogP contribution in [0.5, 0.6) is 0 Å². The zero-order valence-electron chi connectivity index (χ0n) is 14.5. The third-order valence-electron chi connectivity index (χ3n) is 5.50. The van der Waals surface area contributed by atoms with Crippen molar-refractivity contribution in [2.24, 2.45) is 4.99 Å². The molecule has 0 bridgehead atoms. The number of nitrogens with zero attached hydrogens (tertiary/aromatic N) is 2. The minimum Gasteiger partial charge on any atom is -0.465 e. The van der Waals surface area contributed by atoms with Crippen LogP contribution in [0.4, 0.5) is 9.18 Å². The van der Waals surface area contributed by atoms with Crippen LogP contribution in [0.3, 0.4) is 0 Å². The number of pyridine rings is 1. The molecule has 150 valence electrons. The summed E-state index contributed by atoms with van der Waals surface area (Å²) >= 11 is 3.22. The number of aromatic nitrogens is 1. The Morgan fingerprint density at radius 1 is 1.48 bits per heavy atom. The first kappa shape index (κ1) is 20.5. The maximum absolute atomic E-state index is 14.6. The predicted molar refractivity (Wildman–Crippen MR) is 103 cm³/mol. The quantitative estimate of drug-likeness (QED) is 0.434. The third-order valence-corrected chi connectivity index (χ3v) is 9.18. The summed E-state index contributed by atoms with van der Waals surface area (Å²) in [4.78, 5) is 19.5. The first-order valence-corrected chi connectivity index (χ1v) is 10.8. The average molecular weight is 466 g/mol. The van der Waals surface area contributed by atoms with Crippen LogP contribution in [-0.4, -0.2) is 52.8 Å². The maximum atomic E-state index is 14.6. The van der Waals surface area contributed by atoms with E-state index in [-0.39, 0.29) is 24.4 Å². The molecule has 2 atom stereocenters. The van der Waals surface area contributed by atoms with Crippen molar-refractivity contribution >= 4 is 38.4 Å². The lowest BCUT2D eigenvalue weighted by Crippen LogP contribution is -2.64. The van der Waals surface area contributed by atoms with Crippen LogP contribution in [0.15, 0.2) is 21.7 Å². The summed E-state index contributed by atoms with van der Waals surface area (Å²) in [7, 11) is -3.50. The number of aliphatic hydroxyl groups excluding tert-OH is 1. The molecule has 1 spiro atoms. The highest BCUT2D eigenvalue weighted by atomic mass is 79.9. The van der Waals surface area contributed by atoms with Gasteiger partial charge < -0.3 is 10.2 Å². The fraction of sp³-hybridized carbons (Fsp3) is 0.562. The van der Waals surface area contributed by atoms with Gasteiger partial charge in [-0.3, -0.25) is 19.4 Å². The molecule has 2 heterocycles. The molecule has 0 aromatic carbocycles. The van der Waals surface area contributed by atoms with E-state index in [1.807, 2.05) is 0 Å². The number of nitrogens with one attached hydrogen (secondary N) is 1. The van der Waals surface area contributed by atoms with Crippen molar-refractivity contribution in [3.8, 4) is 0 Å². The van der Waals surface area contributed by atoms with Crippen LogP contribution in [0.2, 0.25) is 0 Å². The van der Waals surface area contributed by atoms with Gasteiger partial charge in [0.25, 0.3) is 0 Å². The van der Waals surface area contributed by atoms with E-state index in [0.29, 0.717) is 23.7 Å². The molecular formula is C16H21BrFN3O5S. The largest absolute Gasteiger partial charge is 0.465 e. The summed E-state index contributed by atoms with van der Waals surface area (Å²) in [6.07, 6.45) is 1.24. The van der Waals surface area contributed by atoms with Crippen LogP contribution in [0, 0.1) is 5.95 Å². The molecule has 1 aromatic rings. The number of hydrogen-bond donors (Lipinski definition) is 5. The van der Waals surface area contributed by atoms with Gasteiger partial charge in [0.2, 0.25) is 5.95 Å². The van der Waals surface area contributed by atoms with E-state index in [1.165, 1.54) is 19.2 Å². The highest BCUT2D eigenvalue weighted by molar-refractivity contribution is 9.10. The van der Waals surface area contributed by atoms with Gasteiger partial charge in [-0.15, -0.1) is 0 Å². The molecule has 2 aliphatic rings. The summed E-state index contributed by atoms with van der Waals surface area (Å²) < 4.78 is 36.3. The lowest BCUT2D eigenvalue weighted by Gasteiger charge is -2.64. The number of aliphatic imine (C=N–C) groups is 1. The molecule has 8 nitrogen and oxygen atoms in total. The van der Waals surface area contributed by atoms with E-state index < -0.39 is 38.2 Å². The number of rotatable bonds is 3. The molecule has 3 rings (SSSR count). The number of carboxylic acid groups (broad SMARTS) is 1. The number of carbonyl (C=O) groups is 1. The van der Waals surface area contributed by atoms with Crippen molar-refractivity contribution in [2.75, 3.05) is 6.61 Å². The molecule has 11 heteroatoms. The Morgan fingerprint density at radius 2 is 2.15 bits per heavy atom. The third kappa shape index (κ3) is 3.05. The summed E-state index contributed by atoms with van der Waals surface area (Å²) in [5, 5.41) is 20.0. The average Bonchev–Trinajstić information content (AvgIpc) is 2.51. The van der Waals surface area contributed by atoms with E-state index in [2.05, 4.69) is 31.2 Å². The van der Waals surface area contributed by atoms with Crippen LogP contribution in [0.25, 0.3) is 0 Å². The van der Waals surface area contributed by atoms with Crippen LogP contribution >= 0.6 is 26.5 Å². The van der Waals surface area contributed by atoms with Gasteiger partial charge in [0.1, 0.15) is 16.1 Å². The Bertz CT molecular complexity index is 804. The van der Waals surface area contributed by atoms with Crippen LogP contribution < -0.4 is 5.32 Å².